The van der Waals surface area contributed by atoms with Crippen LogP contribution in [0.1, 0.15) is 30.4 Å². The molecule has 0 aliphatic rings. The lowest BCUT2D eigenvalue weighted by atomic mass is 10.3. The van der Waals surface area contributed by atoms with Crippen LogP contribution in [0.2, 0.25) is 0 Å². The minimum atomic E-state index is -0.408. The fraction of sp³-hybridized carbons (Fsp3) is 0.643. The molecule has 3 N–H and O–H groups in total. The zero-order valence-corrected chi connectivity index (χ0v) is 14.2. The maximum absolute atomic E-state index is 11.9. The maximum atomic E-state index is 11.9. The summed E-state index contributed by atoms with van der Waals surface area (Å²) in [5.74, 6) is 0.131. The fourth-order valence-corrected chi connectivity index (χ4v) is 2.61. The molecular weight excluding hydrogens is 290 g/mol. The highest BCUT2D eigenvalue weighted by Gasteiger charge is 2.23. The second kappa shape index (κ2) is 8.09. The van der Waals surface area contributed by atoms with Gasteiger partial charge in [0.2, 0.25) is 0 Å². The summed E-state index contributed by atoms with van der Waals surface area (Å²) in [5, 5.41) is 4.04. The van der Waals surface area contributed by atoms with Crippen LogP contribution in [0.3, 0.4) is 0 Å². The van der Waals surface area contributed by atoms with Crippen molar-refractivity contribution in [1.29, 1.82) is 0 Å². The average Bonchev–Trinajstić information content (AvgIpc) is 2.67. The van der Waals surface area contributed by atoms with Crippen LogP contribution in [0.5, 0.6) is 5.75 Å². The van der Waals surface area contributed by atoms with Gasteiger partial charge in [-0.1, -0.05) is 0 Å². The third-order valence-corrected chi connectivity index (χ3v) is 3.68. The number of esters is 1. The molecule has 1 aromatic rings. The molecule has 1 heterocycles. The molecule has 21 heavy (non-hydrogen) atoms. The highest BCUT2D eigenvalue weighted by molar-refractivity contribution is 7.19. The van der Waals surface area contributed by atoms with E-state index in [1.54, 1.807) is 6.92 Å². The zero-order valence-electron chi connectivity index (χ0n) is 13.4. The predicted molar refractivity (Wildman–Crippen MR) is 87.5 cm³/mol. The van der Waals surface area contributed by atoms with Crippen LogP contribution >= 0.6 is 11.3 Å². The maximum Gasteiger partial charge on any atom is 0.350 e. The van der Waals surface area contributed by atoms with Crippen molar-refractivity contribution >= 4 is 28.0 Å². The number of ether oxygens (including phenoxy) is 2. The van der Waals surface area contributed by atoms with Gasteiger partial charge in [0.15, 0.2) is 5.75 Å². The summed E-state index contributed by atoms with van der Waals surface area (Å²) in [5.41, 5.74) is 6.40. The highest BCUT2D eigenvalue weighted by atomic mass is 32.1. The number of nitrogens with zero attached hydrogens (tertiary/aromatic N) is 1. The largest absolute Gasteiger partial charge is 0.486 e. The van der Waals surface area contributed by atoms with Gasteiger partial charge in [-0.3, -0.25) is 0 Å². The Balaban J connectivity index is 2.97. The summed E-state index contributed by atoms with van der Waals surface area (Å²) in [7, 11) is 4.00. The Morgan fingerprint density at radius 2 is 2.10 bits per heavy atom. The molecule has 0 spiro atoms. The number of nitrogens with one attached hydrogen (secondary N) is 1. The minimum Gasteiger partial charge on any atom is -0.486 e. The first-order valence-electron chi connectivity index (χ1n) is 7.01. The van der Waals surface area contributed by atoms with Crippen molar-refractivity contribution in [3.8, 4) is 5.75 Å². The average molecular weight is 315 g/mol. The van der Waals surface area contributed by atoms with E-state index in [0.717, 1.165) is 18.1 Å². The Hall–Kier alpha value is -1.47. The number of thiophene rings is 1. The Labute approximate surface area is 130 Å². The molecule has 0 aliphatic carbocycles. The van der Waals surface area contributed by atoms with Gasteiger partial charge >= 0.3 is 5.97 Å². The standard InChI is InChI=1S/C14H25N3O3S/c1-6-19-14(18)12-10(15)11(20-9(2)3)13(21-12)16-7-8-17(4)5/h9,16H,6-8,15H2,1-5H3. The quantitative estimate of drug-likeness (QED) is 0.717. The third-order valence-electron chi connectivity index (χ3n) is 2.56. The molecule has 0 aliphatic heterocycles. The molecule has 0 atom stereocenters. The molecule has 0 fully saturated rings. The summed E-state index contributed by atoms with van der Waals surface area (Å²) in [4.78, 5) is 14.4. The van der Waals surface area contributed by atoms with E-state index in [4.69, 9.17) is 15.2 Å². The molecule has 0 aromatic carbocycles. The van der Waals surface area contributed by atoms with E-state index in [-0.39, 0.29) is 6.10 Å². The number of hydrogen-bond acceptors (Lipinski definition) is 7. The van der Waals surface area contributed by atoms with Crippen LogP contribution in [-0.2, 0) is 4.74 Å². The zero-order chi connectivity index (χ0) is 16.0. The fourth-order valence-electron chi connectivity index (χ4n) is 1.64. The number of nitrogen functional groups attached to an aromatic ring is 1. The van der Waals surface area contributed by atoms with E-state index < -0.39 is 5.97 Å². The van der Waals surface area contributed by atoms with E-state index in [0.29, 0.717) is 22.9 Å². The lowest BCUT2D eigenvalue weighted by molar-refractivity contribution is 0.0533. The van der Waals surface area contributed by atoms with Gasteiger partial charge in [0, 0.05) is 13.1 Å². The van der Waals surface area contributed by atoms with Crippen LogP contribution in [0, 0.1) is 0 Å². The summed E-state index contributed by atoms with van der Waals surface area (Å²) in [6.07, 6.45) is -0.0219. The lowest BCUT2D eigenvalue weighted by Gasteiger charge is -2.14. The van der Waals surface area contributed by atoms with Gasteiger partial charge in [-0.2, -0.15) is 0 Å². The first kappa shape index (κ1) is 17.6. The van der Waals surface area contributed by atoms with Gasteiger partial charge in [-0.25, -0.2) is 4.79 Å². The molecule has 6 nitrogen and oxygen atoms in total. The minimum absolute atomic E-state index is 0.0219. The van der Waals surface area contributed by atoms with E-state index in [2.05, 4.69) is 10.2 Å². The molecule has 7 heteroatoms. The first-order valence-corrected chi connectivity index (χ1v) is 7.83. The Morgan fingerprint density at radius 3 is 2.62 bits per heavy atom. The molecule has 0 radical (unpaired) electrons. The van der Waals surface area contributed by atoms with Crippen molar-refractivity contribution in [3.05, 3.63) is 4.88 Å². The van der Waals surface area contributed by atoms with Gasteiger partial charge < -0.3 is 25.4 Å². The Kier molecular flexibility index (Phi) is 6.77. The van der Waals surface area contributed by atoms with Gasteiger partial charge in [-0.15, -0.1) is 11.3 Å². The summed E-state index contributed by atoms with van der Waals surface area (Å²) >= 11 is 1.27. The number of likely N-dealkylation sites (N-methyl/N-ethyl adjacent to an activating group) is 1. The summed E-state index contributed by atoms with van der Waals surface area (Å²) < 4.78 is 10.8. The predicted octanol–water partition coefficient (Wildman–Crippen LogP) is 2.27. The molecule has 1 aromatic heterocycles. The van der Waals surface area contributed by atoms with Crippen molar-refractivity contribution in [3.63, 3.8) is 0 Å². The van der Waals surface area contributed by atoms with Crippen LogP contribution in [0.25, 0.3) is 0 Å². The lowest BCUT2D eigenvalue weighted by Crippen LogP contribution is -2.20. The van der Waals surface area contributed by atoms with E-state index in [1.165, 1.54) is 11.3 Å². The van der Waals surface area contributed by atoms with Crippen molar-refractivity contribution in [2.75, 3.05) is 44.8 Å². The van der Waals surface area contributed by atoms with E-state index >= 15 is 0 Å². The molecule has 1 rings (SSSR count). The Morgan fingerprint density at radius 1 is 1.43 bits per heavy atom. The van der Waals surface area contributed by atoms with Gasteiger partial charge in [-0.05, 0) is 34.9 Å². The molecule has 0 bridgehead atoms. The van der Waals surface area contributed by atoms with Crippen LogP contribution in [0.15, 0.2) is 0 Å². The molecule has 0 saturated carbocycles. The second-order valence-corrected chi connectivity index (χ2v) is 6.14. The van der Waals surface area contributed by atoms with Crippen molar-refractivity contribution in [1.82, 2.24) is 4.90 Å². The van der Waals surface area contributed by atoms with Crippen LogP contribution < -0.4 is 15.8 Å². The topological polar surface area (TPSA) is 76.8 Å². The number of carbonyl (C=O) groups is 1. The van der Waals surface area contributed by atoms with Gasteiger partial charge in [0.25, 0.3) is 0 Å². The van der Waals surface area contributed by atoms with E-state index in [9.17, 15) is 4.79 Å². The normalized spacial score (nSPS) is 11.0. The molecule has 0 amide bonds. The van der Waals surface area contributed by atoms with Crippen molar-refractivity contribution in [2.45, 2.75) is 26.9 Å². The highest BCUT2D eigenvalue weighted by Crippen LogP contribution is 2.43. The molecule has 0 saturated heterocycles. The summed E-state index contributed by atoms with van der Waals surface area (Å²) in [6.45, 7) is 7.54. The molecule has 120 valence electrons. The molecule has 0 unspecified atom stereocenters. The number of hydrogen-bond donors (Lipinski definition) is 2. The first-order chi connectivity index (χ1) is 9.86. The van der Waals surface area contributed by atoms with Crippen molar-refractivity contribution < 1.29 is 14.3 Å². The third kappa shape index (κ3) is 5.09. The van der Waals surface area contributed by atoms with Crippen molar-refractivity contribution in [2.24, 2.45) is 0 Å². The number of nitrogens with two attached hydrogens (primary N) is 1. The smallest absolute Gasteiger partial charge is 0.350 e. The second-order valence-electron chi connectivity index (χ2n) is 5.12. The van der Waals surface area contributed by atoms with E-state index in [1.807, 2.05) is 27.9 Å². The Bertz CT molecular complexity index is 472. The monoisotopic (exact) mass is 315 g/mol. The van der Waals surface area contributed by atoms with Gasteiger partial charge in [0.1, 0.15) is 15.6 Å². The van der Waals surface area contributed by atoms with Crippen LogP contribution in [0.4, 0.5) is 10.7 Å². The number of rotatable bonds is 8. The van der Waals surface area contributed by atoms with Crippen LogP contribution in [-0.4, -0.2) is 50.8 Å². The SMILES string of the molecule is CCOC(=O)c1sc(NCCN(C)C)c(OC(C)C)c1N. The molecular formula is C14H25N3O3S. The summed E-state index contributed by atoms with van der Waals surface area (Å²) in [6, 6.07) is 0. The number of carbonyl (C=O) groups excluding carboxylic acids is 1. The van der Waals surface area contributed by atoms with Gasteiger partial charge in [0.05, 0.1) is 12.7 Å². The number of anilines is 2.